The third-order valence-corrected chi connectivity index (χ3v) is 6.15. The highest BCUT2D eigenvalue weighted by atomic mass is 32.2. The summed E-state index contributed by atoms with van der Waals surface area (Å²) < 4.78 is 33.0. The molecule has 1 fully saturated rings. The summed E-state index contributed by atoms with van der Waals surface area (Å²) in [5.41, 5.74) is 6.02. The lowest BCUT2D eigenvalue weighted by atomic mass is 9.98. The third kappa shape index (κ3) is 2.66. The predicted molar refractivity (Wildman–Crippen MR) is 82.1 cm³/mol. The van der Waals surface area contributed by atoms with Crippen LogP contribution in [-0.2, 0) is 21.9 Å². The number of amides is 1. The molecule has 0 bridgehead atoms. The number of oxazole rings is 1. The molecule has 3 rings (SSSR count). The van der Waals surface area contributed by atoms with E-state index in [-0.39, 0.29) is 23.9 Å². The average molecular weight is 339 g/mol. The van der Waals surface area contributed by atoms with Crippen molar-refractivity contribution in [3.8, 4) is 0 Å². The molecule has 2 aromatic rings. The average Bonchev–Trinajstić information content (AvgIpc) is 2.82. The molecule has 1 aliphatic heterocycles. The Balaban J connectivity index is 1.92. The first kappa shape index (κ1) is 15.8. The second-order valence-electron chi connectivity index (χ2n) is 5.64. The van der Waals surface area contributed by atoms with E-state index in [0.717, 1.165) is 0 Å². The molecule has 1 saturated heterocycles. The number of primary amides is 1. The van der Waals surface area contributed by atoms with Crippen LogP contribution in [0.15, 0.2) is 32.3 Å². The smallest absolute Gasteiger partial charge is 0.408 e. The maximum absolute atomic E-state index is 12.7. The Labute approximate surface area is 132 Å². The molecule has 1 aliphatic rings. The summed E-state index contributed by atoms with van der Waals surface area (Å²) in [6.07, 6.45) is 0.835. The highest BCUT2D eigenvalue weighted by molar-refractivity contribution is 7.89. The van der Waals surface area contributed by atoms with Crippen LogP contribution in [0.2, 0.25) is 0 Å². The highest BCUT2D eigenvalue weighted by Gasteiger charge is 2.31. The van der Waals surface area contributed by atoms with Crippen molar-refractivity contribution in [1.82, 2.24) is 8.87 Å². The molecule has 2 N–H and O–H groups in total. The van der Waals surface area contributed by atoms with Crippen LogP contribution in [0.25, 0.3) is 11.1 Å². The van der Waals surface area contributed by atoms with E-state index in [4.69, 9.17) is 10.2 Å². The molecule has 0 saturated carbocycles. The topological polar surface area (TPSA) is 116 Å². The lowest BCUT2D eigenvalue weighted by molar-refractivity contribution is -0.122. The Morgan fingerprint density at radius 3 is 2.57 bits per heavy atom. The van der Waals surface area contributed by atoms with Gasteiger partial charge in [0.1, 0.15) is 0 Å². The maximum Gasteiger partial charge on any atom is 0.419 e. The van der Waals surface area contributed by atoms with Gasteiger partial charge in [0.25, 0.3) is 0 Å². The molecule has 0 atom stereocenters. The quantitative estimate of drug-likeness (QED) is 0.846. The first-order valence-corrected chi connectivity index (χ1v) is 8.64. The first-order valence-electron chi connectivity index (χ1n) is 7.20. The van der Waals surface area contributed by atoms with E-state index in [1.807, 2.05) is 0 Å². The van der Waals surface area contributed by atoms with Gasteiger partial charge < -0.3 is 10.2 Å². The zero-order valence-corrected chi connectivity index (χ0v) is 13.4. The van der Waals surface area contributed by atoms with Crippen LogP contribution >= 0.6 is 0 Å². The number of rotatable bonds is 3. The monoisotopic (exact) mass is 339 g/mol. The molecule has 2 heterocycles. The van der Waals surface area contributed by atoms with Gasteiger partial charge in [-0.3, -0.25) is 9.36 Å². The number of nitrogens with two attached hydrogens (primary N) is 1. The molecule has 1 aromatic heterocycles. The van der Waals surface area contributed by atoms with Gasteiger partial charge in [-0.25, -0.2) is 13.2 Å². The molecule has 1 aromatic carbocycles. The van der Waals surface area contributed by atoms with Crippen LogP contribution < -0.4 is 11.5 Å². The van der Waals surface area contributed by atoms with Gasteiger partial charge in [-0.15, -0.1) is 0 Å². The summed E-state index contributed by atoms with van der Waals surface area (Å²) in [5.74, 6) is -1.22. The van der Waals surface area contributed by atoms with E-state index >= 15 is 0 Å². The van der Waals surface area contributed by atoms with E-state index in [9.17, 15) is 18.0 Å². The zero-order chi connectivity index (χ0) is 16.8. The first-order chi connectivity index (χ1) is 10.8. The molecule has 23 heavy (non-hydrogen) atoms. The minimum Gasteiger partial charge on any atom is -0.408 e. The van der Waals surface area contributed by atoms with E-state index in [1.165, 1.54) is 34.1 Å². The lowest BCUT2D eigenvalue weighted by Crippen LogP contribution is -2.41. The highest BCUT2D eigenvalue weighted by Crippen LogP contribution is 2.25. The summed E-state index contributed by atoms with van der Waals surface area (Å²) in [7, 11) is -2.17. The third-order valence-electron chi connectivity index (χ3n) is 4.26. The Kier molecular flexibility index (Phi) is 3.77. The van der Waals surface area contributed by atoms with Crippen molar-refractivity contribution in [2.45, 2.75) is 17.7 Å². The van der Waals surface area contributed by atoms with Gasteiger partial charge in [0, 0.05) is 26.1 Å². The normalized spacial score (nSPS) is 17.6. The van der Waals surface area contributed by atoms with E-state index < -0.39 is 21.7 Å². The van der Waals surface area contributed by atoms with Gasteiger partial charge in [-0.2, -0.15) is 4.31 Å². The molecule has 8 nitrogen and oxygen atoms in total. The summed E-state index contributed by atoms with van der Waals surface area (Å²) in [5, 5.41) is 0. The number of hydrogen-bond donors (Lipinski definition) is 1. The van der Waals surface area contributed by atoms with Crippen LogP contribution in [0, 0.1) is 5.92 Å². The second kappa shape index (κ2) is 5.50. The predicted octanol–water partition coefficient (Wildman–Crippen LogP) is 0.0175. The van der Waals surface area contributed by atoms with Crippen molar-refractivity contribution in [1.29, 1.82) is 0 Å². The van der Waals surface area contributed by atoms with Gasteiger partial charge in [0.2, 0.25) is 15.9 Å². The minimum atomic E-state index is -3.69. The Hall–Kier alpha value is -2.13. The summed E-state index contributed by atoms with van der Waals surface area (Å²) in [6, 6.07) is 4.32. The van der Waals surface area contributed by atoms with Crippen molar-refractivity contribution in [2.75, 3.05) is 13.1 Å². The van der Waals surface area contributed by atoms with Crippen molar-refractivity contribution >= 4 is 27.0 Å². The number of fused-ring (bicyclic) bond motifs is 1. The van der Waals surface area contributed by atoms with Gasteiger partial charge in [0.05, 0.1) is 10.4 Å². The van der Waals surface area contributed by atoms with Crippen molar-refractivity contribution in [3.63, 3.8) is 0 Å². The number of sulfonamides is 1. The van der Waals surface area contributed by atoms with Gasteiger partial charge in [0.15, 0.2) is 5.58 Å². The van der Waals surface area contributed by atoms with Crippen LogP contribution in [0.5, 0.6) is 0 Å². The molecule has 0 aliphatic carbocycles. The Morgan fingerprint density at radius 1 is 1.30 bits per heavy atom. The number of aryl methyl sites for hydroxylation is 1. The van der Waals surface area contributed by atoms with E-state index in [0.29, 0.717) is 23.9 Å². The number of piperidine rings is 1. The number of benzene rings is 1. The van der Waals surface area contributed by atoms with E-state index in [1.54, 1.807) is 0 Å². The van der Waals surface area contributed by atoms with Gasteiger partial charge >= 0.3 is 5.76 Å². The fourth-order valence-corrected chi connectivity index (χ4v) is 4.29. The number of nitrogens with zero attached hydrogens (tertiary/aromatic N) is 2. The molecular weight excluding hydrogens is 322 g/mol. The van der Waals surface area contributed by atoms with Gasteiger partial charge in [-0.05, 0) is 31.0 Å². The van der Waals surface area contributed by atoms with Crippen molar-refractivity contribution < 1.29 is 17.6 Å². The van der Waals surface area contributed by atoms with E-state index in [2.05, 4.69) is 0 Å². The number of carbonyl (C=O) groups is 1. The van der Waals surface area contributed by atoms with Gasteiger partial charge in [-0.1, -0.05) is 0 Å². The molecule has 0 radical (unpaired) electrons. The fraction of sp³-hybridized carbons (Fsp3) is 0.429. The van der Waals surface area contributed by atoms with Crippen molar-refractivity contribution in [2.24, 2.45) is 18.7 Å². The Morgan fingerprint density at radius 2 is 1.96 bits per heavy atom. The molecule has 0 spiro atoms. The largest absolute Gasteiger partial charge is 0.419 e. The molecule has 9 heteroatoms. The maximum atomic E-state index is 12.7. The van der Waals surface area contributed by atoms with Crippen LogP contribution in [0.1, 0.15) is 12.8 Å². The molecular formula is C14H17N3O5S. The zero-order valence-electron chi connectivity index (χ0n) is 12.6. The van der Waals surface area contributed by atoms with Crippen LogP contribution in [-0.4, -0.2) is 36.3 Å². The lowest BCUT2D eigenvalue weighted by Gasteiger charge is -2.29. The Bertz CT molecular complexity index is 920. The standard InChI is InChI=1S/C14H17N3O5S/c1-16-11-8-10(2-3-12(11)22-14(16)19)23(20,21)17-6-4-9(5-7-17)13(15)18/h2-3,8-9H,4-7H2,1H3,(H2,15,18). The van der Waals surface area contributed by atoms with Crippen molar-refractivity contribution in [3.05, 3.63) is 28.7 Å². The molecule has 1 amide bonds. The summed E-state index contributed by atoms with van der Waals surface area (Å²) in [6.45, 7) is 0.497. The summed E-state index contributed by atoms with van der Waals surface area (Å²) in [4.78, 5) is 22.8. The second-order valence-corrected chi connectivity index (χ2v) is 7.58. The molecule has 0 unspecified atom stereocenters. The number of hydrogen-bond acceptors (Lipinski definition) is 5. The molecule has 124 valence electrons. The summed E-state index contributed by atoms with van der Waals surface area (Å²) >= 11 is 0. The number of carbonyl (C=O) groups excluding carboxylic acids is 1. The fourth-order valence-electron chi connectivity index (χ4n) is 2.80. The minimum absolute atomic E-state index is 0.0962. The SMILES string of the molecule is Cn1c(=O)oc2ccc(S(=O)(=O)N3CCC(C(N)=O)CC3)cc21. The van der Waals surface area contributed by atoms with Crippen LogP contribution in [0.4, 0.5) is 0 Å². The number of aromatic nitrogens is 1. The van der Waals surface area contributed by atoms with Crippen LogP contribution in [0.3, 0.4) is 0 Å².